The van der Waals surface area contributed by atoms with Gasteiger partial charge >= 0.3 is 0 Å². The minimum absolute atomic E-state index is 0.139. The Hall–Kier alpha value is -1.56. The molecule has 1 atom stereocenters. The number of anilines is 1. The first-order valence-corrected chi connectivity index (χ1v) is 9.08. The van der Waals surface area contributed by atoms with E-state index in [0.29, 0.717) is 28.4 Å². The number of likely N-dealkylation sites (N-methyl/N-ethyl adjacent to an activating group) is 1. The molecule has 7 heteroatoms. The van der Waals surface area contributed by atoms with Crippen molar-refractivity contribution < 1.29 is 0 Å². The Balaban J connectivity index is 1.82. The topological polar surface area (TPSA) is 50.2 Å². The maximum absolute atomic E-state index is 12.6. The van der Waals surface area contributed by atoms with Crippen molar-refractivity contribution >= 4 is 28.9 Å². The van der Waals surface area contributed by atoms with Gasteiger partial charge in [0.1, 0.15) is 5.02 Å². The van der Waals surface area contributed by atoms with Crippen LogP contribution in [0.15, 0.2) is 29.2 Å². The van der Waals surface area contributed by atoms with E-state index in [1.807, 2.05) is 13.0 Å². The molecule has 3 rings (SSSR count). The molecule has 0 spiro atoms. The molecule has 2 aromatic rings. The average Bonchev–Trinajstić information content (AvgIpc) is 3.39. The van der Waals surface area contributed by atoms with E-state index in [-0.39, 0.29) is 10.6 Å². The van der Waals surface area contributed by atoms with E-state index in [9.17, 15) is 4.79 Å². The van der Waals surface area contributed by atoms with Gasteiger partial charge in [0, 0.05) is 17.6 Å². The van der Waals surface area contributed by atoms with Crippen molar-refractivity contribution in [2.45, 2.75) is 25.8 Å². The third-order valence-electron chi connectivity index (χ3n) is 4.65. The summed E-state index contributed by atoms with van der Waals surface area (Å²) in [7, 11) is 4.15. The minimum atomic E-state index is -0.362. The van der Waals surface area contributed by atoms with Gasteiger partial charge < -0.3 is 10.2 Å². The largest absolute Gasteiger partial charge is 0.381 e. The highest BCUT2D eigenvalue weighted by molar-refractivity contribution is 6.33. The molecule has 1 fully saturated rings. The molecule has 0 amide bonds. The summed E-state index contributed by atoms with van der Waals surface area (Å²) in [6, 6.07) is 5.79. The van der Waals surface area contributed by atoms with Crippen LogP contribution in [-0.2, 0) is 0 Å². The molecular formula is C18H22Cl2N4O. The number of nitrogens with zero attached hydrogens (tertiary/aromatic N) is 3. The van der Waals surface area contributed by atoms with Crippen molar-refractivity contribution in [3.05, 3.63) is 50.4 Å². The van der Waals surface area contributed by atoms with Gasteiger partial charge in [-0.25, -0.2) is 0 Å². The van der Waals surface area contributed by atoms with Crippen LogP contribution in [-0.4, -0.2) is 41.4 Å². The predicted octanol–water partition coefficient (Wildman–Crippen LogP) is 3.60. The zero-order valence-electron chi connectivity index (χ0n) is 14.6. The van der Waals surface area contributed by atoms with Crippen LogP contribution in [0.3, 0.4) is 0 Å². The summed E-state index contributed by atoms with van der Waals surface area (Å²) in [6.07, 6.45) is 4.11. The van der Waals surface area contributed by atoms with Crippen LogP contribution in [0.4, 0.5) is 5.69 Å². The highest BCUT2D eigenvalue weighted by atomic mass is 35.5. The van der Waals surface area contributed by atoms with Gasteiger partial charge in [-0.3, -0.25) is 4.79 Å². The number of rotatable bonds is 6. The Labute approximate surface area is 157 Å². The molecule has 0 saturated heterocycles. The Morgan fingerprint density at radius 1 is 1.36 bits per heavy atom. The van der Waals surface area contributed by atoms with Crippen molar-refractivity contribution in [2.75, 3.05) is 26.0 Å². The average molecular weight is 381 g/mol. The third-order valence-corrected chi connectivity index (χ3v) is 5.42. The van der Waals surface area contributed by atoms with Crippen LogP contribution < -0.4 is 10.9 Å². The summed E-state index contributed by atoms with van der Waals surface area (Å²) in [5.74, 6) is 0.712. The highest BCUT2D eigenvalue weighted by Gasteiger charge is 2.32. The lowest BCUT2D eigenvalue weighted by Crippen LogP contribution is -2.36. The van der Waals surface area contributed by atoms with E-state index in [4.69, 9.17) is 23.2 Å². The third kappa shape index (κ3) is 4.00. The summed E-state index contributed by atoms with van der Waals surface area (Å²) in [5.41, 5.74) is 1.74. The molecule has 1 aromatic carbocycles. The number of halogens is 2. The molecule has 1 aliphatic carbocycles. The first-order chi connectivity index (χ1) is 11.9. The van der Waals surface area contributed by atoms with E-state index in [1.165, 1.54) is 17.5 Å². The molecule has 0 radical (unpaired) electrons. The van der Waals surface area contributed by atoms with Crippen LogP contribution in [0.1, 0.15) is 18.4 Å². The quantitative estimate of drug-likeness (QED) is 0.831. The van der Waals surface area contributed by atoms with E-state index >= 15 is 0 Å². The van der Waals surface area contributed by atoms with Crippen molar-refractivity contribution in [3.63, 3.8) is 0 Å². The fraction of sp³-hybridized carbons (Fsp3) is 0.444. The second kappa shape index (κ2) is 7.36. The van der Waals surface area contributed by atoms with Crippen molar-refractivity contribution in [1.82, 2.24) is 14.7 Å². The van der Waals surface area contributed by atoms with Crippen molar-refractivity contribution in [3.8, 4) is 5.69 Å². The molecule has 5 nitrogen and oxygen atoms in total. The second-order valence-corrected chi connectivity index (χ2v) is 7.56. The highest BCUT2D eigenvalue weighted by Crippen LogP contribution is 2.34. The van der Waals surface area contributed by atoms with E-state index in [2.05, 4.69) is 29.4 Å². The summed E-state index contributed by atoms with van der Waals surface area (Å²) in [5, 5.41) is 8.25. The van der Waals surface area contributed by atoms with Gasteiger partial charge in [-0.15, -0.1) is 0 Å². The van der Waals surface area contributed by atoms with Gasteiger partial charge in [0.2, 0.25) is 0 Å². The van der Waals surface area contributed by atoms with Gasteiger partial charge in [-0.2, -0.15) is 9.78 Å². The molecule has 1 heterocycles. The van der Waals surface area contributed by atoms with E-state index in [0.717, 1.165) is 12.1 Å². The lowest BCUT2D eigenvalue weighted by molar-refractivity contribution is 0.276. The van der Waals surface area contributed by atoms with Crippen molar-refractivity contribution in [2.24, 2.45) is 5.92 Å². The lowest BCUT2D eigenvalue weighted by atomic mass is 10.1. The van der Waals surface area contributed by atoms with Gasteiger partial charge in [0.15, 0.2) is 0 Å². The number of benzene rings is 1. The van der Waals surface area contributed by atoms with E-state index < -0.39 is 0 Å². The standard InChI is InChI=1S/C18H22Cl2N4O/c1-11-4-7-13(8-14(11)19)24-18(25)17(20)15(9-22-24)21-10-16(23(2)3)12-5-6-12/h4,7-9,12,16,21H,5-6,10H2,1-3H3. The Bertz CT molecular complexity index is 828. The Morgan fingerprint density at radius 2 is 2.08 bits per heavy atom. The summed E-state index contributed by atoms with van der Waals surface area (Å²) >= 11 is 12.4. The molecule has 25 heavy (non-hydrogen) atoms. The molecule has 1 N–H and O–H groups in total. The first-order valence-electron chi connectivity index (χ1n) is 8.33. The molecule has 1 saturated carbocycles. The lowest BCUT2D eigenvalue weighted by Gasteiger charge is -2.25. The zero-order chi connectivity index (χ0) is 18.1. The smallest absolute Gasteiger partial charge is 0.292 e. The molecule has 0 bridgehead atoms. The maximum atomic E-state index is 12.6. The van der Waals surface area contributed by atoms with Gasteiger partial charge in [-0.05, 0) is 57.5 Å². The summed E-state index contributed by atoms with van der Waals surface area (Å²) in [4.78, 5) is 14.8. The molecule has 1 unspecified atom stereocenters. The van der Waals surface area contributed by atoms with Crippen LogP contribution >= 0.6 is 23.2 Å². The normalized spacial score (nSPS) is 15.4. The SMILES string of the molecule is Cc1ccc(-n2ncc(NCC(C3CC3)N(C)C)c(Cl)c2=O)cc1Cl. The molecule has 1 aromatic heterocycles. The minimum Gasteiger partial charge on any atom is -0.381 e. The molecule has 0 aliphatic heterocycles. The summed E-state index contributed by atoms with van der Waals surface area (Å²) < 4.78 is 1.27. The van der Waals surface area contributed by atoms with Gasteiger partial charge in [0.25, 0.3) is 5.56 Å². The van der Waals surface area contributed by atoms with Gasteiger partial charge in [-0.1, -0.05) is 29.3 Å². The summed E-state index contributed by atoms with van der Waals surface area (Å²) in [6.45, 7) is 2.64. The zero-order valence-corrected chi connectivity index (χ0v) is 16.1. The van der Waals surface area contributed by atoms with E-state index in [1.54, 1.807) is 18.3 Å². The number of hydrogen-bond donors (Lipinski definition) is 1. The van der Waals surface area contributed by atoms with Crippen LogP contribution in [0.5, 0.6) is 0 Å². The first kappa shape index (κ1) is 18.2. The monoisotopic (exact) mass is 380 g/mol. The number of hydrogen-bond acceptors (Lipinski definition) is 4. The Morgan fingerprint density at radius 3 is 2.68 bits per heavy atom. The van der Waals surface area contributed by atoms with Gasteiger partial charge in [0.05, 0.1) is 17.6 Å². The second-order valence-electron chi connectivity index (χ2n) is 6.77. The predicted molar refractivity (Wildman–Crippen MR) is 103 cm³/mol. The fourth-order valence-electron chi connectivity index (χ4n) is 2.92. The molecule has 134 valence electrons. The van der Waals surface area contributed by atoms with Crippen LogP contribution in [0.25, 0.3) is 5.69 Å². The van der Waals surface area contributed by atoms with Crippen LogP contribution in [0, 0.1) is 12.8 Å². The maximum Gasteiger partial charge on any atom is 0.292 e. The number of aromatic nitrogens is 2. The fourth-order valence-corrected chi connectivity index (χ4v) is 3.29. The molecular weight excluding hydrogens is 359 g/mol. The molecule has 1 aliphatic rings. The van der Waals surface area contributed by atoms with Crippen molar-refractivity contribution in [1.29, 1.82) is 0 Å². The number of aryl methyl sites for hydroxylation is 1. The Kier molecular flexibility index (Phi) is 5.37. The number of nitrogens with one attached hydrogen (secondary N) is 1. The van der Waals surface area contributed by atoms with Crippen LogP contribution in [0.2, 0.25) is 10.0 Å².